The number of amides is 3. The molecule has 14 nitrogen and oxygen atoms in total. The van der Waals surface area contributed by atoms with E-state index in [1.54, 1.807) is 23.9 Å². The van der Waals surface area contributed by atoms with Crippen LogP contribution in [0.2, 0.25) is 0 Å². The first-order valence-electron chi connectivity index (χ1n) is 21.9. The number of ether oxygens (including phenoxy) is 1. The molecule has 2 aromatic carbocycles. The van der Waals surface area contributed by atoms with Gasteiger partial charge in [-0.1, -0.05) is 43.9 Å². The summed E-state index contributed by atoms with van der Waals surface area (Å²) in [7, 11) is 1.70. The fourth-order valence-corrected chi connectivity index (χ4v) is 8.11. The summed E-state index contributed by atoms with van der Waals surface area (Å²) in [6.45, 7) is 1.38. The third-order valence-electron chi connectivity index (χ3n) is 11.9. The Morgan fingerprint density at radius 2 is 1.65 bits per heavy atom. The Kier molecular flexibility index (Phi) is 13.6. The molecule has 2 aliphatic rings. The van der Waals surface area contributed by atoms with E-state index in [0.29, 0.717) is 36.4 Å². The van der Waals surface area contributed by atoms with Gasteiger partial charge in [0.2, 0.25) is 17.7 Å². The smallest absolute Gasteiger partial charge is 0.329 e. The van der Waals surface area contributed by atoms with E-state index in [4.69, 9.17) is 9.15 Å². The number of oxazole rings is 1. The first-order chi connectivity index (χ1) is 30.6. The molecule has 0 unspecified atom stereocenters. The van der Waals surface area contributed by atoms with Gasteiger partial charge >= 0.3 is 5.69 Å². The number of pyridine rings is 1. The zero-order valence-electron chi connectivity index (χ0n) is 35.4. The minimum absolute atomic E-state index is 0.0376. The molecule has 3 amide bonds. The molecule has 2 N–H and O–H groups in total. The molecular weight excluding hydrogens is 811 g/mol. The molecular formula is C47H52F2N8O6. The fourth-order valence-electron chi connectivity index (χ4n) is 8.11. The van der Waals surface area contributed by atoms with Gasteiger partial charge in [0.15, 0.2) is 11.4 Å². The molecule has 5 heterocycles. The fraction of sp³-hybridized carbons (Fsp3) is 0.426. The Morgan fingerprint density at radius 3 is 2.43 bits per heavy atom. The van der Waals surface area contributed by atoms with Crippen molar-refractivity contribution < 1.29 is 32.3 Å². The molecule has 0 radical (unpaired) electrons. The third kappa shape index (κ3) is 10.7. The molecule has 16 heteroatoms. The van der Waals surface area contributed by atoms with Gasteiger partial charge in [0, 0.05) is 44.1 Å². The van der Waals surface area contributed by atoms with Gasteiger partial charge < -0.3 is 14.5 Å². The van der Waals surface area contributed by atoms with Crippen molar-refractivity contribution in [2.75, 3.05) is 18.5 Å². The van der Waals surface area contributed by atoms with Crippen molar-refractivity contribution in [2.24, 2.45) is 13.0 Å². The van der Waals surface area contributed by atoms with Gasteiger partial charge in [-0.05, 0) is 111 Å². The molecule has 0 bridgehead atoms. The number of halogens is 2. The van der Waals surface area contributed by atoms with Crippen LogP contribution in [0.4, 0.5) is 14.5 Å². The minimum Gasteiger partial charge on any atom is -0.444 e. The van der Waals surface area contributed by atoms with Gasteiger partial charge in [-0.2, -0.15) is 5.10 Å². The number of nitrogens with one attached hydrogen (secondary N) is 2. The van der Waals surface area contributed by atoms with Crippen LogP contribution in [0.3, 0.4) is 0 Å². The van der Waals surface area contributed by atoms with Gasteiger partial charge in [0.25, 0.3) is 12.3 Å². The quantitative estimate of drug-likeness (QED) is 0.0535. The van der Waals surface area contributed by atoms with E-state index in [-0.39, 0.29) is 35.3 Å². The van der Waals surface area contributed by atoms with Crippen molar-refractivity contribution in [2.45, 2.75) is 102 Å². The van der Waals surface area contributed by atoms with Gasteiger partial charge in [-0.15, -0.1) is 0 Å². The molecule has 1 atom stereocenters. The predicted octanol–water partition coefficient (Wildman–Crippen LogP) is 8.23. The molecule has 8 rings (SSSR count). The number of unbranched alkanes of at least 4 members (excludes halogenated alkanes) is 4. The van der Waals surface area contributed by atoms with Crippen molar-refractivity contribution in [1.82, 2.24) is 34.2 Å². The summed E-state index contributed by atoms with van der Waals surface area (Å²) in [6.07, 6.45) is 14.0. The Balaban J connectivity index is 0.727. The first-order valence-corrected chi connectivity index (χ1v) is 21.9. The SMILES string of the molecule is Cn1c(=O)n([C@@H]2CCC(=O)NC2=O)c2ccc(CCCCOCCCCCCc3ccc(-n4cc(NC(=O)c5coc(-c6ccnc(CCC7CC7)c6)n5)c(C(F)F)n4)cc3)cc21. The lowest BCUT2D eigenvalue weighted by molar-refractivity contribution is -0.135. The second kappa shape index (κ2) is 19.8. The van der Waals surface area contributed by atoms with Crippen LogP contribution in [0.25, 0.3) is 28.2 Å². The van der Waals surface area contributed by atoms with E-state index in [0.717, 1.165) is 92.5 Å². The van der Waals surface area contributed by atoms with Crippen molar-refractivity contribution in [3.05, 3.63) is 112 Å². The summed E-state index contributed by atoms with van der Waals surface area (Å²) < 4.78 is 44.0. The number of imide groups is 1. The van der Waals surface area contributed by atoms with Crippen LogP contribution in [0.1, 0.15) is 116 Å². The van der Waals surface area contributed by atoms with Gasteiger partial charge in [-0.3, -0.25) is 33.8 Å². The number of piperidine rings is 1. The zero-order chi connectivity index (χ0) is 43.9. The van der Waals surface area contributed by atoms with E-state index in [9.17, 15) is 28.0 Å². The molecule has 1 aliphatic carbocycles. The minimum atomic E-state index is -2.91. The van der Waals surface area contributed by atoms with Crippen LogP contribution in [-0.4, -0.2) is 59.8 Å². The Hall–Kier alpha value is -6.29. The average molecular weight is 863 g/mol. The lowest BCUT2D eigenvalue weighted by Gasteiger charge is -2.21. The monoisotopic (exact) mass is 862 g/mol. The highest BCUT2D eigenvalue weighted by Gasteiger charge is 2.31. The maximum atomic E-state index is 14.1. The van der Waals surface area contributed by atoms with Crippen LogP contribution in [0.15, 0.2) is 82.5 Å². The lowest BCUT2D eigenvalue weighted by atomic mass is 10.0. The number of carbonyl (C=O) groups excluding carboxylic acids is 3. The zero-order valence-corrected chi connectivity index (χ0v) is 35.4. The highest BCUT2D eigenvalue weighted by molar-refractivity contribution is 6.03. The number of hydrogen-bond donors (Lipinski definition) is 2. The van der Waals surface area contributed by atoms with E-state index >= 15 is 0 Å². The van der Waals surface area contributed by atoms with E-state index in [1.807, 2.05) is 48.5 Å². The Labute approximate surface area is 363 Å². The molecule has 2 fully saturated rings. The van der Waals surface area contributed by atoms with Crippen molar-refractivity contribution in [3.63, 3.8) is 0 Å². The summed E-state index contributed by atoms with van der Waals surface area (Å²) >= 11 is 0. The summed E-state index contributed by atoms with van der Waals surface area (Å²) in [5.74, 6) is -0.404. The van der Waals surface area contributed by atoms with Crippen LogP contribution < -0.4 is 16.3 Å². The first kappa shape index (κ1) is 43.4. The summed E-state index contributed by atoms with van der Waals surface area (Å²) in [5, 5.41) is 8.97. The number of alkyl halides is 2. The molecule has 1 saturated carbocycles. The molecule has 0 spiro atoms. The molecule has 6 aromatic rings. The number of rotatable bonds is 21. The average Bonchev–Trinajstić information content (AvgIpc) is 3.70. The molecule has 1 aliphatic heterocycles. The second-order valence-corrected chi connectivity index (χ2v) is 16.6. The maximum absolute atomic E-state index is 14.1. The van der Waals surface area contributed by atoms with Crippen LogP contribution in [-0.2, 0) is 40.6 Å². The summed E-state index contributed by atoms with van der Waals surface area (Å²) in [5.41, 5.74) is 4.95. The standard InChI is InChI=1S/C47H52F2N8O6/c1-55-40-26-32(15-19-38(40)57(47(55)61)39-20-21-41(58)53-45(39)60)9-5-7-25-62-24-6-3-2-4-8-30-13-17-35(18-14-30)56-28-36(42(54-56)43(48)49)51-44(59)37-29-63-46(52-37)33-22-23-50-34(27-33)16-12-31-10-11-31/h13-15,17-19,22-23,26-29,31,39,43H,2-12,16,20-21,24-25H2,1H3,(H,51,59)(H,53,58,60)/t39-/m1/s1. The van der Waals surface area contributed by atoms with E-state index in [2.05, 4.69) is 25.7 Å². The second-order valence-electron chi connectivity index (χ2n) is 16.6. The summed E-state index contributed by atoms with van der Waals surface area (Å²) in [4.78, 5) is 58.9. The number of carbonyl (C=O) groups is 3. The number of anilines is 1. The highest BCUT2D eigenvalue weighted by atomic mass is 19.3. The number of imidazole rings is 1. The van der Waals surface area contributed by atoms with E-state index < -0.39 is 30.0 Å². The van der Waals surface area contributed by atoms with Crippen molar-refractivity contribution >= 4 is 34.4 Å². The normalized spacial score (nSPS) is 15.4. The van der Waals surface area contributed by atoms with E-state index in [1.165, 1.54) is 34.6 Å². The Morgan fingerprint density at radius 1 is 0.905 bits per heavy atom. The third-order valence-corrected chi connectivity index (χ3v) is 11.9. The van der Waals surface area contributed by atoms with Crippen molar-refractivity contribution in [3.8, 4) is 17.1 Å². The molecule has 330 valence electrons. The number of aryl methyl sites for hydroxylation is 4. The lowest BCUT2D eigenvalue weighted by Crippen LogP contribution is -2.44. The largest absolute Gasteiger partial charge is 0.444 e. The molecule has 63 heavy (non-hydrogen) atoms. The van der Waals surface area contributed by atoms with Crippen LogP contribution in [0.5, 0.6) is 0 Å². The van der Waals surface area contributed by atoms with Crippen LogP contribution in [0, 0.1) is 5.92 Å². The number of hydrogen-bond acceptors (Lipinski definition) is 9. The molecule has 4 aromatic heterocycles. The number of nitrogens with zero attached hydrogens (tertiary/aromatic N) is 6. The van der Waals surface area contributed by atoms with Crippen LogP contribution >= 0.6 is 0 Å². The maximum Gasteiger partial charge on any atom is 0.329 e. The number of aromatic nitrogens is 6. The van der Waals surface area contributed by atoms with Gasteiger partial charge in [-0.25, -0.2) is 23.2 Å². The number of benzene rings is 2. The molecule has 1 saturated heterocycles. The van der Waals surface area contributed by atoms with Crippen molar-refractivity contribution in [1.29, 1.82) is 0 Å². The predicted molar refractivity (Wildman–Crippen MR) is 232 cm³/mol. The Bertz CT molecular complexity index is 2630. The van der Waals surface area contributed by atoms with Gasteiger partial charge in [0.1, 0.15) is 12.3 Å². The highest BCUT2D eigenvalue weighted by Crippen LogP contribution is 2.34. The topological polar surface area (TPSA) is 168 Å². The van der Waals surface area contributed by atoms with Gasteiger partial charge in [0.05, 0.1) is 28.6 Å². The number of fused-ring (bicyclic) bond motifs is 1. The summed E-state index contributed by atoms with van der Waals surface area (Å²) in [6, 6.07) is 16.4.